The van der Waals surface area contributed by atoms with Gasteiger partial charge in [-0.05, 0) is 23.3 Å². The molecule has 0 radical (unpaired) electrons. The van der Waals surface area contributed by atoms with Gasteiger partial charge in [-0.1, -0.05) is 36.4 Å². The van der Waals surface area contributed by atoms with Crippen LogP contribution in [0.1, 0.15) is 23.4 Å². The highest BCUT2D eigenvalue weighted by atomic mass is 16.4. The molecule has 26 heavy (non-hydrogen) atoms. The average molecular weight is 350 g/mol. The van der Waals surface area contributed by atoms with Crippen LogP contribution in [0.25, 0.3) is 11.1 Å². The molecule has 1 aliphatic rings. The fourth-order valence-electron chi connectivity index (χ4n) is 3.39. The van der Waals surface area contributed by atoms with Crippen molar-refractivity contribution in [1.82, 2.24) is 9.88 Å². The van der Waals surface area contributed by atoms with Crippen LogP contribution in [0.5, 0.6) is 0 Å². The van der Waals surface area contributed by atoms with E-state index in [4.69, 9.17) is 4.42 Å². The fraction of sp³-hybridized carbons (Fsp3) is 0.250. The first kappa shape index (κ1) is 16.3. The lowest BCUT2D eigenvalue weighted by molar-refractivity contribution is -0.151. The van der Waals surface area contributed by atoms with Gasteiger partial charge in [-0.3, -0.25) is 4.79 Å². The fourth-order valence-corrected chi connectivity index (χ4v) is 3.39. The van der Waals surface area contributed by atoms with Crippen LogP contribution in [0.2, 0.25) is 0 Å². The number of aryl methyl sites for hydroxylation is 1. The van der Waals surface area contributed by atoms with Gasteiger partial charge in [0.15, 0.2) is 11.5 Å². The lowest BCUT2D eigenvalue weighted by Crippen LogP contribution is -2.48. The second-order valence-corrected chi connectivity index (χ2v) is 6.42. The van der Waals surface area contributed by atoms with Crippen molar-refractivity contribution < 1.29 is 19.1 Å². The molecule has 6 nitrogen and oxygen atoms in total. The van der Waals surface area contributed by atoms with Crippen molar-refractivity contribution in [3.63, 3.8) is 0 Å². The van der Waals surface area contributed by atoms with Gasteiger partial charge in [0, 0.05) is 25.8 Å². The third kappa shape index (κ3) is 3.06. The number of hydrogen-bond acceptors (Lipinski definition) is 4. The Bertz CT molecular complexity index is 946. The van der Waals surface area contributed by atoms with Crippen LogP contribution < -0.4 is 0 Å². The van der Waals surface area contributed by atoms with Crippen LogP contribution >= 0.6 is 0 Å². The maximum absolute atomic E-state index is 12.7. The number of carbonyl (C=O) groups excluding carboxylic acids is 1. The molecular formula is C20H18N2O4. The van der Waals surface area contributed by atoms with Crippen LogP contribution in [0, 0.1) is 0 Å². The Morgan fingerprint density at radius 2 is 1.85 bits per heavy atom. The van der Waals surface area contributed by atoms with E-state index in [2.05, 4.69) is 4.98 Å². The summed E-state index contributed by atoms with van der Waals surface area (Å²) in [4.78, 5) is 30.2. The molecule has 0 aliphatic carbocycles. The molecule has 1 atom stereocenters. The van der Waals surface area contributed by atoms with Crippen molar-refractivity contribution in [1.29, 1.82) is 0 Å². The summed E-state index contributed by atoms with van der Waals surface area (Å²) in [5.74, 6) is -0.687. The van der Waals surface area contributed by atoms with Crippen molar-refractivity contribution in [3.8, 4) is 0 Å². The number of carboxylic acid groups (broad SMARTS) is 1. The summed E-state index contributed by atoms with van der Waals surface area (Å²) in [7, 11) is 0. The van der Waals surface area contributed by atoms with Crippen LogP contribution in [0.15, 0.2) is 52.9 Å². The quantitative estimate of drug-likeness (QED) is 0.782. The highest BCUT2D eigenvalue weighted by Gasteiger charge is 2.34. The summed E-state index contributed by atoms with van der Waals surface area (Å²) >= 11 is 0. The summed E-state index contributed by atoms with van der Waals surface area (Å²) in [6.45, 7) is 0.319. The van der Waals surface area contributed by atoms with Gasteiger partial charge in [0.2, 0.25) is 5.91 Å². The van der Waals surface area contributed by atoms with E-state index >= 15 is 0 Å². The molecule has 1 amide bonds. The maximum Gasteiger partial charge on any atom is 0.326 e. The summed E-state index contributed by atoms with van der Waals surface area (Å²) in [6.07, 6.45) is 0.844. The Labute approximate surface area is 150 Å². The number of hydrogen-bond donors (Lipinski definition) is 1. The minimum atomic E-state index is -0.977. The van der Waals surface area contributed by atoms with E-state index in [1.54, 1.807) is 0 Å². The second kappa shape index (κ2) is 6.63. The summed E-state index contributed by atoms with van der Waals surface area (Å²) < 4.78 is 5.64. The molecule has 0 saturated heterocycles. The minimum absolute atomic E-state index is 0.165. The number of fused-ring (bicyclic) bond motifs is 2. The van der Waals surface area contributed by atoms with Gasteiger partial charge in [-0.2, -0.15) is 0 Å². The molecule has 2 aromatic carbocycles. The first-order valence-corrected chi connectivity index (χ1v) is 8.55. The predicted molar refractivity (Wildman–Crippen MR) is 94.4 cm³/mol. The number of oxazole rings is 1. The Balaban J connectivity index is 1.50. The number of nitrogens with zero attached hydrogens (tertiary/aromatic N) is 2. The summed E-state index contributed by atoms with van der Waals surface area (Å²) in [6, 6.07) is 14.2. The zero-order valence-electron chi connectivity index (χ0n) is 14.1. The number of aromatic nitrogens is 1. The highest BCUT2D eigenvalue weighted by Crippen LogP contribution is 2.25. The van der Waals surface area contributed by atoms with Gasteiger partial charge in [-0.15, -0.1) is 0 Å². The van der Waals surface area contributed by atoms with Crippen molar-refractivity contribution in [2.24, 2.45) is 0 Å². The Morgan fingerprint density at radius 3 is 2.62 bits per heavy atom. The molecule has 0 fully saturated rings. The highest BCUT2D eigenvalue weighted by molar-refractivity contribution is 5.84. The molecule has 1 aromatic heterocycles. The lowest BCUT2D eigenvalue weighted by atomic mass is 9.93. The number of carbonyl (C=O) groups is 2. The van der Waals surface area contributed by atoms with Crippen LogP contribution in [-0.4, -0.2) is 32.9 Å². The second-order valence-electron chi connectivity index (χ2n) is 6.42. The minimum Gasteiger partial charge on any atom is -0.480 e. The molecule has 6 heteroatoms. The molecule has 0 bridgehead atoms. The Kier molecular flexibility index (Phi) is 4.16. The average Bonchev–Trinajstić information content (AvgIpc) is 3.08. The first-order valence-electron chi connectivity index (χ1n) is 8.55. The normalized spacial score (nSPS) is 16.5. The third-order valence-electron chi connectivity index (χ3n) is 4.74. The molecule has 4 rings (SSSR count). The summed E-state index contributed by atoms with van der Waals surface area (Å²) in [5.41, 5.74) is 3.43. The largest absolute Gasteiger partial charge is 0.480 e. The number of aliphatic carboxylic acids is 1. The zero-order valence-corrected chi connectivity index (χ0v) is 14.1. The van der Waals surface area contributed by atoms with Crippen molar-refractivity contribution in [2.75, 3.05) is 0 Å². The first-order chi connectivity index (χ1) is 12.6. The van der Waals surface area contributed by atoms with Crippen molar-refractivity contribution >= 4 is 23.0 Å². The molecule has 0 saturated carbocycles. The smallest absolute Gasteiger partial charge is 0.326 e. The molecule has 1 unspecified atom stereocenters. The lowest BCUT2D eigenvalue weighted by Gasteiger charge is -2.34. The van der Waals surface area contributed by atoms with E-state index in [1.807, 2.05) is 48.5 Å². The van der Waals surface area contributed by atoms with Gasteiger partial charge < -0.3 is 14.4 Å². The van der Waals surface area contributed by atoms with Gasteiger partial charge in [0.25, 0.3) is 0 Å². The number of para-hydroxylation sites is 2. The van der Waals surface area contributed by atoms with Gasteiger partial charge in [0.05, 0.1) is 0 Å². The molecule has 132 valence electrons. The van der Waals surface area contributed by atoms with Gasteiger partial charge >= 0.3 is 5.97 Å². The molecule has 1 aliphatic heterocycles. The molecule has 2 heterocycles. The van der Waals surface area contributed by atoms with Crippen LogP contribution in [0.3, 0.4) is 0 Å². The van der Waals surface area contributed by atoms with E-state index in [1.165, 1.54) is 4.90 Å². The zero-order chi connectivity index (χ0) is 18.1. The van der Waals surface area contributed by atoms with E-state index < -0.39 is 12.0 Å². The SMILES string of the molecule is O=C(O)C1Cc2ccccc2CN1C(=O)CCc1nc2ccccc2o1. The molecule has 0 spiro atoms. The predicted octanol–water partition coefficient (Wildman–Crippen LogP) is 2.80. The van der Waals surface area contributed by atoms with Crippen LogP contribution in [0.4, 0.5) is 0 Å². The Morgan fingerprint density at radius 1 is 1.12 bits per heavy atom. The van der Waals surface area contributed by atoms with E-state index in [0.29, 0.717) is 30.9 Å². The van der Waals surface area contributed by atoms with Crippen molar-refractivity contribution in [2.45, 2.75) is 31.8 Å². The van der Waals surface area contributed by atoms with E-state index in [-0.39, 0.29) is 12.3 Å². The monoisotopic (exact) mass is 350 g/mol. The molecule has 3 aromatic rings. The number of carboxylic acids is 1. The number of benzene rings is 2. The van der Waals surface area contributed by atoms with Crippen molar-refractivity contribution in [3.05, 3.63) is 65.5 Å². The standard InChI is InChI=1S/C20H18N2O4/c23-19(10-9-18-21-15-7-3-4-8-17(15)26-18)22-12-14-6-2-1-5-13(14)11-16(22)20(24)25/h1-8,16H,9-12H2,(H,24,25). The van der Waals surface area contributed by atoms with E-state index in [9.17, 15) is 14.7 Å². The van der Waals surface area contributed by atoms with Gasteiger partial charge in [0.1, 0.15) is 11.6 Å². The topological polar surface area (TPSA) is 83.6 Å². The van der Waals surface area contributed by atoms with Crippen LogP contribution in [-0.2, 0) is 29.0 Å². The van der Waals surface area contributed by atoms with E-state index in [0.717, 1.165) is 16.6 Å². The third-order valence-corrected chi connectivity index (χ3v) is 4.74. The maximum atomic E-state index is 12.7. The Hall–Kier alpha value is -3.15. The molecular weight excluding hydrogens is 332 g/mol. The number of rotatable bonds is 4. The molecule has 1 N–H and O–H groups in total. The van der Waals surface area contributed by atoms with Gasteiger partial charge in [-0.25, -0.2) is 9.78 Å². The number of amides is 1. The summed E-state index contributed by atoms with van der Waals surface area (Å²) in [5, 5.41) is 9.54.